The van der Waals surface area contributed by atoms with Gasteiger partial charge in [0.2, 0.25) is 5.89 Å². The van der Waals surface area contributed by atoms with Crippen LogP contribution >= 0.6 is 0 Å². The molecule has 4 rings (SSSR count). The van der Waals surface area contributed by atoms with Gasteiger partial charge in [-0.25, -0.2) is 0 Å². The second-order valence-electron chi connectivity index (χ2n) is 5.32. The molecule has 0 amide bonds. The van der Waals surface area contributed by atoms with E-state index in [4.69, 9.17) is 10.3 Å². The highest BCUT2D eigenvalue weighted by molar-refractivity contribution is 5.83. The Bertz CT molecular complexity index is 754. The summed E-state index contributed by atoms with van der Waals surface area (Å²) in [7, 11) is 0. The zero-order valence-corrected chi connectivity index (χ0v) is 11.1. The van der Waals surface area contributed by atoms with Crippen molar-refractivity contribution in [2.24, 2.45) is 5.73 Å². The van der Waals surface area contributed by atoms with Gasteiger partial charge in [0.25, 0.3) is 0 Å². The molecule has 0 atom stereocenters. The van der Waals surface area contributed by atoms with E-state index in [1.807, 2.05) is 12.3 Å². The molecule has 1 saturated carbocycles. The lowest BCUT2D eigenvalue weighted by Crippen LogP contribution is -2.00. The van der Waals surface area contributed by atoms with Gasteiger partial charge < -0.3 is 14.8 Å². The minimum atomic E-state index is 0.526. The van der Waals surface area contributed by atoms with E-state index in [2.05, 4.69) is 32.9 Å². The van der Waals surface area contributed by atoms with Crippen LogP contribution in [-0.2, 0) is 13.1 Å². The zero-order chi connectivity index (χ0) is 13.5. The molecule has 0 unspecified atom stereocenters. The first kappa shape index (κ1) is 11.7. The van der Waals surface area contributed by atoms with Crippen molar-refractivity contribution < 1.29 is 4.52 Å². The van der Waals surface area contributed by atoms with Crippen molar-refractivity contribution in [1.82, 2.24) is 14.7 Å². The van der Waals surface area contributed by atoms with Crippen molar-refractivity contribution in [3.05, 3.63) is 47.7 Å². The Balaban J connectivity index is 1.67. The fraction of sp³-hybridized carbons (Fsp3) is 0.333. The Morgan fingerprint density at radius 2 is 2.20 bits per heavy atom. The van der Waals surface area contributed by atoms with Crippen LogP contribution in [0.5, 0.6) is 0 Å². The van der Waals surface area contributed by atoms with Gasteiger partial charge in [-0.15, -0.1) is 0 Å². The fourth-order valence-electron chi connectivity index (χ4n) is 2.59. The van der Waals surface area contributed by atoms with Crippen LogP contribution in [0.3, 0.4) is 0 Å². The molecular formula is C15H16N4O. The van der Waals surface area contributed by atoms with Crippen LogP contribution in [0.15, 0.2) is 35.0 Å². The highest BCUT2D eigenvalue weighted by Gasteiger charge is 2.28. The second kappa shape index (κ2) is 4.45. The van der Waals surface area contributed by atoms with Crippen LogP contribution in [0.1, 0.15) is 36.0 Å². The van der Waals surface area contributed by atoms with Crippen molar-refractivity contribution in [2.75, 3.05) is 0 Å². The molecule has 2 aromatic heterocycles. The smallest absolute Gasteiger partial charge is 0.246 e. The van der Waals surface area contributed by atoms with Gasteiger partial charge in [0.05, 0.1) is 0 Å². The summed E-state index contributed by atoms with van der Waals surface area (Å²) in [4.78, 5) is 4.47. The standard InChI is InChI=1S/C15H16N4O/c16-8-11-2-1-3-13-12(11)6-7-19(13)9-14-17-15(18-20-14)10-4-5-10/h1-3,6-7,10H,4-5,8-9,16H2. The molecule has 0 spiro atoms. The SMILES string of the molecule is NCc1cccc2c1ccn2Cc1nc(C2CC2)no1. The van der Waals surface area contributed by atoms with Crippen molar-refractivity contribution >= 4 is 10.9 Å². The normalized spacial score (nSPS) is 15.1. The average molecular weight is 268 g/mol. The first-order chi connectivity index (χ1) is 9.85. The summed E-state index contributed by atoms with van der Waals surface area (Å²) in [6.45, 7) is 1.16. The van der Waals surface area contributed by atoms with Crippen LogP contribution in [0, 0.1) is 0 Å². The molecule has 3 aromatic rings. The molecule has 0 bridgehead atoms. The van der Waals surface area contributed by atoms with Crippen molar-refractivity contribution in [1.29, 1.82) is 0 Å². The van der Waals surface area contributed by atoms with Crippen LogP contribution in [0.4, 0.5) is 0 Å². The Morgan fingerprint density at radius 1 is 1.30 bits per heavy atom. The van der Waals surface area contributed by atoms with Gasteiger partial charge in [0.1, 0.15) is 6.54 Å². The topological polar surface area (TPSA) is 69.9 Å². The van der Waals surface area contributed by atoms with Gasteiger partial charge in [-0.3, -0.25) is 0 Å². The van der Waals surface area contributed by atoms with Crippen molar-refractivity contribution in [3.8, 4) is 0 Å². The van der Waals surface area contributed by atoms with Crippen molar-refractivity contribution in [2.45, 2.75) is 31.8 Å². The maximum absolute atomic E-state index is 5.77. The van der Waals surface area contributed by atoms with E-state index in [0.29, 0.717) is 24.9 Å². The lowest BCUT2D eigenvalue weighted by atomic mass is 10.1. The second-order valence-corrected chi connectivity index (χ2v) is 5.32. The molecule has 2 heterocycles. The molecule has 0 aliphatic heterocycles. The first-order valence-corrected chi connectivity index (χ1v) is 6.94. The van der Waals surface area contributed by atoms with Crippen LogP contribution in [0.2, 0.25) is 0 Å². The Hall–Kier alpha value is -2.14. The molecule has 1 aliphatic carbocycles. The van der Waals surface area contributed by atoms with E-state index in [1.54, 1.807) is 0 Å². The van der Waals surface area contributed by atoms with Crippen LogP contribution in [0.25, 0.3) is 10.9 Å². The third-order valence-electron chi connectivity index (χ3n) is 3.86. The highest BCUT2D eigenvalue weighted by atomic mass is 16.5. The third-order valence-corrected chi connectivity index (χ3v) is 3.86. The number of aromatic nitrogens is 3. The van der Waals surface area contributed by atoms with E-state index in [1.165, 1.54) is 18.2 Å². The summed E-state index contributed by atoms with van der Waals surface area (Å²) < 4.78 is 7.46. The number of nitrogens with zero attached hydrogens (tertiary/aromatic N) is 3. The molecular weight excluding hydrogens is 252 g/mol. The number of hydrogen-bond donors (Lipinski definition) is 1. The molecule has 2 N–H and O–H groups in total. The minimum absolute atomic E-state index is 0.526. The van der Waals surface area contributed by atoms with Gasteiger partial charge in [-0.1, -0.05) is 17.3 Å². The summed E-state index contributed by atoms with van der Waals surface area (Å²) in [5, 5.41) is 5.24. The molecule has 20 heavy (non-hydrogen) atoms. The van der Waals surface area contributed by atoms with E-state index in [9.17, 15) is 0 Å². The summed E-state index contributed by atoms with van der Waals surface area (Å²) in [5.74, 6) is 2.06. The predicted molar refractivity (Wildman–Crippen MR) is 75.2 cm³/mol. The van der Waals surface area contributed by atoms with Gasteiger partial charge >= 0.3 is 0 Å². The number of benzene rings is 1. The van der Waals surface area contributed by atoms with Gasteiger partial charge in [0, 0.05) is 29.6 Å². The summed E-state index contributed by atoms with van der Waals surface area (Å²) >= 11 is 0. The fourth-order valence-corrected chi connectivity index (χ4v) is 2.59. The maximum atomic E-state index is 5.77. The number of hydrogen-bond acceptors (Lipinski definition) is 4. The number of rotatable bonds is 4. The van der Waals surface area contributed by atoms with E-state index in [-0.39, 0.29) is 0 Å². The average Bonchev–Trinajstić information content (AvgIpc) is 3.09. The molecule has 1 aromatic carbocycles. The Morgan fingerprint density at radius 3 is 3.00 bits per heavy atom. The quantitative estimate of drug-likeness (QED) is 0.788. The zero-order valence-electron chi connectivity index (χ0n) is 11.1. The predicted octanol–water partition coefficient (Wildman–Crippen LogP) is 2.41. The monoisotopic (exact) mass is 268 g/mol. The van der Waals surface area contributed by atoms with E-state index < -0.39 is 0 Å². The Labute approximate surface area is 116 Å². The summed E-state index contributed by atoms with van der Waals surface area (Å²) in [6.07, 6.45) is 4.42. The molecule has 0 saturated heterocycles. The van der Waals surface area contributed by atoms with E-state index in [0.717, 1.165) is 16.9 Å². The van der Waals surface area contributed by atoms with E-state index >= 15 is 0 Å². The molecule has 1 fully saturated rings. The van der Waals surface area contributed by atoms with Gasteiger partial charge in [-0.2, -0.15) is 4.98 Å². The van der Waals surface area contributed by atoms with Gasteiger partial charge in [0.15, 0.2) is 5.82 Å². The van der Waals surface area contributed by atoms with Crippen molar-refractivity contribution in [3.63, 3.8) is 0 Å². The largest absolute Gasteiger partial charge is 0.338 e. The number of nitrogens with two attached hydrogens (primary N) is 1. The molecule has 0 radical (unpaired) electrons. The minimum Gasteiger partial charge on any atom is -0.338 e. The highest BCUT2D eigenvalue weighted by Crippen LogP contribution is 2.38. The molecule has 1 aliphatic rings. The van der Waals surface area contributed by atoms with Crippen LogP contribution < -0.4 is 5.73 Å². The Kier molecular flexibility index (Phi) is 2.60. The van der Waals surface area contributed by atoms with Crippen LogP contribution in [-0.4, -0.2) is 14.7 Å². The molecule has 5 heteroatoms. The summed E-state index contributed by atoms with van der Waals surface area (Å²) in [6, 6.07) is 8.28. The maximum Gasteiger partial charge on any atom is 0.246 e. The molecule has 102 valence electrons. The molecule has 5 nitrogen and oxygen atoms in total. The lowest BCUT2D eigenvalue weighted by Gasteiger charge is -2.03. The third kappa shape index (κ3) is 1.91. The summed E-state index contributed by atoms with van der Waals surface area (Å²) in [5.41, 5.74) is 8.08. The first-order valence-electron chi connectivity index (χ1n) is 6.94. The van der Waals surface area contributed by atoms with Gasteiger partial charge in [-0.05, 0) is 30.5 Å². The number of fused-ring (bicyclic) bond motifs is 1. The lowest BCUT2D eigenvalue weighted by molar-refractivity contribution is 0.367.